The quantitative estimate of drug-likeness (QED) is 0.712. The molecule has 0 amide bonds. The van der Waals surface area contributed by atoms with Crippen molar-refractivity contribution < 1.29 is 4.52 Å². The Kier molecular flexibility index (Phi) is 2.66. The molecule has 1 fully saturated rings. The molecule has 20 heavy (non-hydrogen) atoms. The molecule has 0 aliphatic carbocycles. The van der Waals surface area contributed by atoms with Crippen molar-refractivity contribution in [3.05, 3.63) is 18.4 Å². The highest BCUT2D eigenvalue weighted by Gasteiger charge is 2.22. The molecule has 8 heteroatoms. The van der Waals surface area contributed by atoms with Crippen molar-refractivity contribution in [2.45, 2.75) is 18.8 Å². The van der Waals surface area contributed by atoms with Crippen molar-refractivity contribution in [3.8, 4) is 11.6 Å². The molecule has 1 aliphatic heterocycles. The first kappa shape index (κ1) is 11.5. The third-order valence-corrected chi connectivity index (χ3v) is 3.46. The van der Waals surface area contributed by atoms with Crippen molar-refractivity contribution in [1.82, 2.24) is 35.4 Å². The minimum Gasteiger partial charge on any atom is -0.342 e. The first-order valence-electron chi connectivity index (χ1n) is 6.61. The van der Waals surface area contributed by atoms with Gasteiger partial charge in [-0.2, -0.15) is 4.98 Å². The summed E-state index contributed by atoms with van der Waals surface area (Å²) in [5.41, 5.74) is 1.38. The molecule has 3 aromatic heterocycles. The van der Waals surface area contributed by atoms with E-state index in [1.165, 1.54) is 0 Å². The fraction of sp³-hybridized carbons (Fsp3) is 0.417. The van der Waals surface area contributed by atoms with E-state index in [4.69, 9.17) is 4.52 Å². The lowest BCUT2D eigenvalue weighted by Gasteiger charge is -2.18. The number of aromatic nitrogens is 6. The molecule has 2 N–H and O–H groups in total. The van der Waals surface area contributed by atoms with E-state index >= 15 is 0 Å². The summed E-state index contributed by atoms with van der Waals surface area (Å²) in [6.07, 6.45) is 5.44. The Bertz CT molecular complexity index is 728. The van der Waals surface area contributed by atoms with E-state index in [1.807, 2.05) is 0 Å². The van der Waals surface area contributed by atoms with Gasteiger partial charge in [0, 0.05) is 6.54 Å². The topological polar surface area (TPSA) is 105 Å². The Balaban J connectivity index is 1.66. The lowest BCUT2D eigenvalue weighted by atomic mass is 10.00. The first-order chi connectivity index (χ1) is 9.90. The number of nitrogens with zero attached hydrogens (tertiary/aromatic N) is 5. The largest absolute Gasteiger partial charge is 0.342 e. The highest BCUT2D eigenvalue weighted by Crippen LogP contribution is 2.23. The predicted octanol–water partition coefficient (Wildman–Crippen LogP) is 0.870. The van der Waals surface area contributed by atoms with Crippen LogP contribution >= 0.6 is 0 Å². The highest BCUT2D eigenvalue weighted by atomic mass is 16.5. The highest BCUT2D eigenvalue weighted by molar-refractivity contribution is 5.70. The van der Waals surface area contributed by atoms with Gasteiger partial charge in [-0.25, -0.2) is 15.0 Å². The molecule has 0 aromatic carbocycles. The zero-order chi connectivity index (χ0) is 13.4. The van der Waals surface area contributed by atoms with Crippen LogP contribution in [0.15, 0.2) is 17.0 Å². The molecule has 0 radical (unpaired) electrons. The predicted molar refractivity (Wildman–Crippen MR) is 69.8 cm³/mol. The van der Waals surface area contributed by atoms with E-state index in [2.05, 4.69) is 35.4 Å². The molecular weight excluding hydrogens is 258 g/mol. The third-order valence-electron chi connectivity index (χ3n) is 3.46. The maximum Gasteiger partial charge on any atom is 0.240 e. The summed E-state index contributed by atoms with van der Waals surface area (Å²) >= 11 is 0. The maximum absolute atomic E-state index is 5.34. The summed E-state index contributed by atoms with van der Waals surface area (Å²) < 4.78 is 5.34. The standard InChI is InChI=1S/C12H13N7O/c1-2-7(4-13-3-1)12-18-11(19-20-12)10-14-5-8-9(17-10)16-6-15-8/h5-7,13H,1-4H2,(H,14,15,16,17)/t7-/m0/s1. The van der Waals surface area contributed by atoms with Crippen LogP contribution in [-0.4, -0.2) is 43.2 Å². The molecule has 0 spiro atoms. The SMILES string of the molecule is c1nc2nc(-c3noc([C@H]4CCCNC4)n3)ncc2[nH]1. The van der Waals surface area contributed by atoms with Crippen LogP contribution in [0.2, 0.25) is 0 Å². The first-order valence-corrected chi connectivity index (χ1v) is 6.61. The normalized spacial score (nSPS) is 19.5. The number of aromatic amines is 1. The maximum atomic E-state index is 5.34. The summed E-state index contributed by atoms with van der Waals surface area (Å²) in [4.78, 5) is 20.0. The van der Waals surface area contributed by atoms with E-state index in [0.29, 0.717) is 23.2 Å². The Morgan fingerprint density at radius 3 is 3.10 bits per heavy atom. The Labute approximate surface area is 114 Å². The van der Waals surface area contributed by atoms with E-state index in [0.717, 1.165) is 31.4 Å². The van der Waals surface area contributed by atoms with E-state index < -0.39 is 0 Å². The summed E-state index contributed by atoms with van der Waals surface area (Å²) in [7, 11) is 0. The second-order valence-electron chi connectivity index (χ2n) is 4.83. The zero-order valence-corrected chi connectivity index (χ0v) is 10.7. The number of imidazole rings is 1. The van der Waals surface area contributed by atoms with Gasteiger partial charge in [-0.05, 0) is 19.4 Å². The third kappa shape index (κ3) is 1.94. The number of nitrogens with one attached hydrogen (secondary N) is 2. The number of H-pyrrole nitrogens is 1. The smallest absolute Gasteiger partial charge is 0.240 e. The van der Waals surface area contributed by atoms with Gasteiger partial charge in [0.05, 0.1) is 18.4 Å². The lowest BCUT2D eigenvalue weighted by molar-refractivity contribution is 0.322. The van der Waals surface area contributed by atoms with E-state index in [-0.39, 0.29) is 5.92 Å². The van der Waals surface area contributed by atoms with Gasteiger partial charge in [0.15, 0.2) is 5.65 Å². The van der Waals surface area contributed by atoms with Crippen molar-refractivity contribution in [3.63, 3.8) is 0 Å². The minimum atomic E-state index is 0.277. The van der Waals surface area contributed by atoms with Gasteiger partial charge in [0.2, 0.25) is 17.5 Å². The molecule has 0 saturated carbocycles. The molecule has 1 aliphatic rings. The molecule has 4 rings (SSSR count). The molecule has 1 atom stereocenters. The minimum absolute atomic E-state index is 0.277. The van der Waals surface area contributed by atoms with Crippen molar-refractivity contribution >= 4 is 11.2 Å². The number of hydrogen-bond donors (Lipinski definition) is 2. The van der Waals surface area contributed by atoms with Gasteiger partial charge in [-0.3, -0.25) is 0 Å². The van der Waals surface area contributed by atoms with Gasteiger partial charge in [-0.1, -0.05) is 5.16 Å². The molecule has 3 aromatic rings. The second kappa shape index (κ2) is 4.64. The van der Waals surface area contributed by atoms with Crippen LogP contribution in [0.1, 0.15) is 24.7 Å². The number of rotatable bonds is 2. The second-order valence-corrected chi connectivity index (χ2v) is 4.83. The van der Waals surface area contributed by atoms with E-state index in [9.17, 15) is 0 Å². The molecule has 1 saturated heterocycles. The fourth-order valence-electron chi connectivity index (χ4n) is 2.40. The molecule has 0 bridgehead atoms. The van der Waals surface area contributed by atoms with Gasteiger partial charge >= 0.3 is 0 Å². The summed E-state index contributed by atoms with van der Waals surface area (Å²) in [5, 5.41) is 7.31. The van der Waals surface area contributed by atoms with Crippen molar-refractivity contribution in [1.29, 1.82) is 0 Å². The van der Waals surface area contributed by atoms with Gasteiger partial charge in [0.25, 0.3) is 0 Å². The summed E-state index contributed by atoms with van der Waals surface area (Å²) in [6, 6.07) is 0. The van der Waals surface area contributed by atoms with Gasteiger partial charge in [0.1, 0.15) is 5.52 Å². The summed E-state index contributed by atoms with van der Waals surface area (Å²) in [5.74, 6) is 1.77. The van der Waals surface area contributed by atoms with Crippen LogP contribution in [0.5, 0.6) is 0 Å². The van der Waals surface area contributed by atoms with Crippen LogP contribution in [0.4, 0.5) is 0 Å². The van der Waals surface area contributed by atoms with E-state index in [1.54, 1.807) is 12.5 Å². The lowest BCUT2D eigenvalue weighted by Crippen LogP contribution is -2.28. The van der Waals surface area contributed by atoms with Crippen LogP contribution in [0, 0.1) is 0 Å². The fourth-order valence-corrected chi connectivity index (χ4v) is 2.40. The van der Waals surface area contributed by atoms with Crippen LogP contribution in [0.25, 0.3) is 22.8 Å². The Morgan fingerprint density at radius 1 is 1.20 bits per heavy atom. The Hall–Kier alpha value is -2.35. The Morgan fingerprint density at radius 2 is 2.20 bits per heavy atom. The van der Waals surface area contributed by atoms with Gasteiger partial charge < -0.3 is 14.8 Å². The molecule has 0 unspecified atom stereocenters. The number of piperidine rings is 1. The van der Waals surface area contributed by atoms with Crippen molar-refractivity contribution in [2.75, 3.05) is 13.1 Å². The summed E-state index contributed by atoms with van der Waals surface area (Å²) in [6.45, 7) is 1.93. The average Bonchev–Trinajstić information content (AvgIpc) is 3.16. The number of fused-ring (bicyclic) bond motifs is 1. The van der Waals surface area contributed by atoms with Gasteiger partial charge in [-0.15, -0.1) is 0 Å². The van der Waals surface area contributed by atoms with Crippen LogP contribution in [0.3, 0.4) is 0 Å². The number of hydrogen-bond acceptors (Lipinski definition) is 7. The zero-order valence-electron chi connectivity index (χ0n) is 10.7. The monoisotopic (exact) mass is 271 g/mol. The molecular formula is C12H13N7O. The molecule has 4 heterocycles. The van der Waals surface area contributed by atoms with Crippen molar-refractivity contribution in [2.24, 2.45) is 0 Å². The van der Waals surface area contributed by atoms with Crippen LogP contribution < -0.4 is 5.32 Å². The average molecular weight is 271 g/mol. The molecule has 8 nitrogen and oxygen atoms in total. The van der Waals surface area contributed by atoms with Crippen LogP contribution in [-0.2, 0) is 0 Å². The molecule has 102 valence electrons.